The van der Waals surface area contributed by atoms with Crippen molar-refractivity contribution < 1.29 is 25.8 Å². The molecule has 0 aromatic carbocycles. The van der Waals surface area contributed by atoms with E-state index in [-0.39, 0.29) is 6.61 Å². The van der Waals surface area contributed by atoms with E-state index < -0.39 is 22.0 Å². The van der Waals surface area contributed by atoms with Crippen LogP contribution in [-0.2, 0) is 26.9 Å². The van der Waals surface area contributed by atoms with E-state index in [0.717, 1.165) is 18.5 Å². The highest BCUT2D eigenvalue weighted by Crippen LogP contribution is 2.27. The first-order valence-electron chi connectivity index (χ1n) is 5.05. The van der Waals surface area contributed by atoms with Crippen LogP contribution in [0.2, 0.25) is 0 Å². The molecule has 0 radical (unpaired) electrons. The van der Waals surface area contributed by atoms with Crippen molar-refractivity contribution in [2.24, 2.45) is 0 Å². The van der Waals surface area contributed by atoms with Gasteiger partial charge in [-0.3, -0.25) is 9.17 Å². The Morgan fingerprint density at radius 3 is 2.44 bits per heavy atom. The van der Waals surface area contributed by atoms with Crippen LogP contribution < -0.4 is 0 Å². The van der Waals surface area contributed by atoms with Gasteiger partial charge in [-0.1, -0.05) is 6.07 Å². The summed E-state index contributed by atoms with van der Waals surface area (Å²) in [7, 11) is -3.47. The molecule has 0 aliphatic rings. The number of aromatic nitrogens is 1. The lowest BCUT2D eigenvalue weighted by atomic mass is 10.1. The Hall–Kier alpha value is -1.15. The van der Waals surface area contributed by atoms with Crippen LogP contribution in [0, 0.1) is 0 Å². The molecular formula is C10H12F3NO3S. The smallest absolute Gasteiger partial charge is 0.270 e. The maximum absolute atomic E-state index is 12.2. The summed E-state index contributed by atoms with van der Waals surface area (Å²) in [6, 6.07) is 2.21. The van der Waals surface area contributed by atoms with Gasteiger partial charge in [-0.25, -0.2) is 0 Å². The third-order valence-corrected chi connectivity index (χ3v) is 2.62. The molecule has 0 spiro atoms. The third-order valence-electron chi connectivity index (χ3n) is 2.02. The Morgan fingerprint density at radius 2 is 2.00 bits per heavy atom. The monoisotopic (exact) mass is 283 g/mol. The molecule has 0 amide bonds. The molecule has 1 rings (SSSR count). The van der Waals surface area contributed by atoms with Gasteiger partial charge in [0.25, 0.3) is 10.1 Å². The second-order valence-electron chi connectivity index (χ2n) is 3.68. The Morgan fingerprint density at radius 1 is 1.33 bits per heavy atom. The molecule has 0 bridgehead atoms. The van der Waals surface area contributed by atoms with Crippen LogP contribution in [0.25, 0.3) is 0 Å². The van der Waals surface area contributed by atoms with Crippen molar-refractivity contribution in [1.82, 2.24) is 4.98 Å². The van der Waals surface area contributed by atoms with Crippen molar-refractivity contribution >= 4 is 10.1 Å². The van der Waals surface area contributed by atoms with Gasteiger partial charge in [0.1, 0.15) is 5.69 Å². The fourth-order valence-corrected chi connectivity index (χ4v) is 1.65. The maximum atomic E-state index is 12.2. The molecule has 0 atom stereocenters. The van der Waals surface area contributed by atoms with Crippen LogP contribution >= 0.6 is 0 Å². The van der Waals surface area contributed by atoms with E-state index in [0.29, 0.717) is 18.4 Å². The number of rotatable bonds is 5. The fourth-order valence-electron chi connectivity index (χ4n) is 1.23. The van der Waals surface area contributed by atoms with Gasteiger partial charge in [0.05, 0.1) is 12.9 Å². The lowest BCUT2D eigenvalue weighted by Crippen LogP contribution is -2.08. The molecule has 1 heterocycles. The highest BCUT2D eigenvalue weighted by Gasteiger charge is 2.31. The van der Waals surface area contributed by atoms with Crippen molar-refractivity contribution in [2.45, 2.75) is 19.0 Å². The first-order valence-corrected chi connectivity index (χ1v) is 6.87. The van der Waals surface area contributed by atoms with E-state index in [2.05, 4.69) is 9.17 Å². The molecule has 0 N–H and O–H groups in total. The normalized spacial score (nSPS) is 12.7. The van der Waals surface area contributed by atoms with Crippen LogP contribution in [0.3, 0.4) is 0 Å². The quantitative estimate of drug-likeness (QED) is 0.612. The topological polar surface area (TPSA) is 56.3 Å². The Balaban J connectivity index is 2.45. The number of alkyl halides is 3. The zero-order chi connectivity index (χ0) is 13.8. The SMILES string of the molecule is CS(=O)(=O)OCCCc1ccc(C(F)(F)F)nc1. The minimum Gasteiger partial charge on any atom is -0.270 e. The van der Waals surface area contributed by atoms with Crippen molar-refractivity contribution in [3.8, 4) is 0 Å². The van der Waals surface area contributed by atoms with E-state index in [1.54, 1.807) is 0 Å². The molecule has 0 fully saturated rings. The number of hydrogen-bond donors (Lipinski definition) is 0. The Kier molecular flexibility index (Phi) is 4.69. The maximum Gasteiger partial charge on any atom is 0.433 e. The molecule has 1 aromatic rings. The van der Waals surface area contributed by atoms with E-state index in [1.165, 1.54) is 6.07 Å². The van der Waals surface area contributed by atoms with Gasteiger partial charge in [-0.05, 0) is 24.5 Å². The summed E-state index contributed by atoms with van der Waals surface area (Å²) < 4.78 is 62.4. The van der Waals surface area contributed by atoms with E-state index in [4.69, 9.17) is 0 Å². The van der Waals surface area contributed by atoms with Gasteiger partial charge < -0.3 is 0 Å². The van der Waals surface area contributed by atoms with Crippen molar-refractivity contribution in [1.29, 1.82) is 0 Å². The lowest BCUT2D eigenvalue weighted by molar-refractivity contribution is -0.141. The second-order valence-corrected chi connectivity index (χ2v) is 5.32. The summed E-state index contributed by atoms with van der Waals surface area (Å²) in [5.74, 6) is 0. The number of halogens is 3. The van der Waals surface area contributed by atoms with Crippen molar-refractivity contribution in [3.05, 3.63) is 29.6 Å². The summed E-state index contributed by atoms with van der Waals surface area (Å²) >= 11 is 0. The Bertz CT molecular complexity index is 482. The standard InChI is InChI=1S/C10H12F3NO3S/c1-18(15,16)17-6-2-3-8-4-5-9(14-7-8)10(11,12)13/h4-5,7H,2-3,6H2,1H3. The van der Waals surface area contributed by atoms with E-state index in [1.807, 2.05) is 0 Å². The highest BCUT2D eigenvalue weighted by atomic mass is 32.2. The van der Waals surface area contributed by atoms with Crippen molar-refractivity contribution in [2.75, 3.05) is 12.9 Å². The molecule has 1 aromatic heterocycles. The summed E-state index contributed by atoms with van der Waals surface area (Å²) in [5, 5.41) is 0. The number of nitrogens with zero attached hydrogens (tertiary/aromatic N) is 1. The van der Waals surface area contributed by atoms with Gasteiger partial charge in [-0.2, -0.15) is 21.6 Å². The first kappa shape index (κ1) is 14.9. The molecule has 4 nitrogen and oxygen atoms in total. The molecule has 0 unspecified atom stereocenters. The minimum absolute atomic E-state index is 0.000143. The third kappa shape index (κ3) is 5.46. The number of aryl methyl sites for hydroxylation is 1. The van der Waals surface area contributed by atoms with E-state index in [9.17, 15) is 21.6 Å². The van der Waals surface area contributed by atoms with Crippen LogP contribution in [0.4, 0.5) is 13.2 Å². The first-order chi connectivity index (χ1) is 8.18. The average molecular weight is 283 g/mol. The average Bonchev–Trinajstić information content (AvgIpc) is 2.22. The molecule has 18 heavy (non-hydrogen) atoms. The fraction of sp³-hybridized carbons (Fsp3) is 0.500. The van der Waals surface area contributed by atoms with Gasteiger partial charge in [0, 0.05) is 6.20 Å². The van der Waals surface area contributed by atoms with Gasteiger partial charge in [-0.15, -0.1) is 0 Å². The molecule has 0 saturated carbocycles. The summed E-state index contributed by atoms with van der Waals surface area (Å²) in [6.45, 7) is -0.000143. The minimum atomic E-state index is -4.45. The summed E-state index contributed by atoms with van der Waals surface area (Å²) in [4.78, 5) is 3.29. The number of pyridine rings is 1. The van der Waals surface area contributed by atoms with Gasteiger partial charge >= 0.3 is 6.18 Å². The zero-order valence-corrected chi connectivity index (χ0v) is 10.4. The summed E-state index contributed by atoms with van der Waals surface area (Å²) in [5.41, 5.74) is -0.348. The Labute approximate surface area is 103 Å². The lowest BCUT2D eigenvalue weighted by Gasteiger charge is -2.06. The van der Waals surface area contributed by atoms with Gasteiger partial charge in [0.2, 0.25) is 0 Å². The van der Waals surface area contributed by atoms with E-state index >= 15 is 0 Å². The molecule has 0 aliphatic heterocycles. The largest absolute Gasteiger partial charge is 0.433 e. The van der Waals surface area contributed by atoms with Crippen LogP contribution in [0.5, 0.6) is 0 Å². The predicted octanol–water partition coefficient (Wildman–Crippen LogP) is 2.01. The zero-order valence-electron chi connectivity index (χ0n) is 9.57. The molecule has 102 valence electrons. The predicted molar refractivity (Wildman–Crippen MR) is 58.4 cm³/mol. The highest BCUT2D eigenvalue weighted by molar-refractivity contribution is 7.85. The molecular weight excluding hydrogens is 271 g/mol. The summed E-state index contributed by atoms with van der Waals surface area (Å²) in [6.07, 6.45) is -1.59. The molecule has 8 heteroatoms. The number of hydrogen-bond acceptors (Lipinski definition) is 4. The molecule has 0 aliphatic carbocycles. The van der Waals surface area contributed by atoms with Gasteiger partial charge in [0.15, 0.2) is 0 Å². The van der Waals surface area contributed by atoms with Crippen molar-refractivity contribution in [3.63, 3.8) is 0 Å². The molecule has 0 saturated heterocycles. The van der Waals surface area contributed by atoms with Crippen LogP contribution in [0.15, 0.2) is 18.3 Å². The van der Waals surface area contributed by atoms with Crippen LogP contribution in [-0.4, -0.2) is 26.3 Å². The van der Waals surface area contributed by atoms with Crippen LogP contribution in [0.1, 0.15) is 17.7 Å². The second kappa shape index (κ2) is 5.66.